The predicted molar refractivity (Wildman–Crippen MR) is 121 cm³/mol. The fraction of sp³-hybridized carbons (Fsp3) is 0.0952. The molecule has 6 heteroatoms. The molecule has 0 heterocycles. The molecule has 0 N–H and O–H groups in total. The highest BCUT2D eigenvalue weighted by atomic mass is 79.9. The molecule has 0 radical (unpaired) electrons. The lowest BCUT2D eigenvalue weighted by Crippen LogP contribution is -1.99. The lowest BCUT2D eigenvalue weighted by molar-refractivity contribution is 0.304. The van der Waals surface area contributed by atoms with E-state index in [4.69, 9.17) is 27.9 Å². The maximum absolute atomic E-state index is 6.18. The van der Waals surface area contributed by atoms with Crippen LogP contribution in [0.4, 0.5) is 5.69 Å². The summed E-state index contributed by atoms with van der Waals surface area (Å²) in [6.45, 7) is 2.39. The van der Waals surface area contributed by atoms with Crippen LogP contribution in [-0.4, -0.2) is 6.21 Å². The maximum Gasteiger partial charge on any atom is 0.142 e. The Hall–Kier alpha value is -1.33. The second-order valence-electron chi connectivity index (χ2n) is 5.91. The fourth-order valence-corrected chi connectivity index (χ4v) is 4.04. The van der Waals surface area contributed by atoms with Crippen LogP contribution in [0.5, 0.6) is 5.75 Å². The normalized spacial score (nSPS) is 11.1. The summed E-state index contributed by atoms with van der Waals surface area (Å²) >= 11 is 19.2. The van der Waals surface area contributed by atoms with Gasteiger partial charge in [-0.3, -0.25) is 4.99 Å². The van der Waals surface area contributed by atoms with Crippen LogP contribution in [0, 0.1) is 6.92 Å². The Morgan fingerprint density at radius 2 is 1.74 bits per heavy atom. The van der Waals surface area contributed by atoms with Crippen LogP contribution in [0.25, 0.3) is 0 Å². The van der Waals surface area contributed by atoms with Gasteiger partial charge >= 0.3 is 0 Å². The lowest BCUT2D eigenvalue weighted by atomic mass is 10.2. The third-order valence-electron chi connectivity index (χ3n) is 3.84. The number of rotatable bonds is 5. The van der Waals surface area contributed by atoms with E-state index in [0.717, 1.165) is 37.1 Å². The van der Waals surface area contributed by atoms with Crippen LogP contribution in [-0.2, 0) is 6.61 Å². The highest BCUT2D eigenvalue weighted by molar-refractivity contribution is 9.11. The molecule has 3 aromatic rings. The molecule has 0 amide bonds. The molecular formula is C21H15Br2Cl2NO. The van der Waals surface area contributed by atoms with Crippen LogP contribution in [0.15, 0.2) is 68.5 Å². The van der Waals surface area contributed by atoms with Gasteiger partial charge in [-0.2, -0.15) is 0 Å². The van der Waals surface area contributed by atoms with Gasteiger partial charge in [-0.05, 0) is 70.4 Å². The van der Waals surface area contributed by atoms with E-state index in [0.29, 0.717) is 16.7 Å². The van der Waals surface area contributed by atoms with E-state index >= 15 is 0 Å². The predicted octanol–water partition coefficient (Wildman–Crippen LogP) is 8.16. The number of nitrogens with zero attached hydrogens (tertiary/aromatic N) is 1. The second kappa shape index (κ2) is 9.24. The Morgan fingerprint density at radius 1 is 1.00 bits per heavy atom. The summed E-state index contributed by atoms with van der Waals surface area (Å²) in [4.78, 5) is 4.54. The molecule has 0 spiro atoms. The van der Waals surface area contributed by atoms with Crippen molar-refractivity contribution >= 4 is 67.0 Å². The number of hydrogen-bond donors (Lipinski definition) is 0. The van der Waals surface area contributed by atoms with E-state index in [1.165, 1.54) is 0 Å². The summed E-state index contributed by atoms with van der Waals surface area (Å²) in [5.41, 5.74) is 3.68. The van der Waals surface area contributed by atoms with Crippen molar-refractivity contribution < 1.29 is 4.74 Å². The van der Waals surface area contributed by atoms with Gasteiger partial charge in [0.15, 0.2) is 0 Å². The number of aryl methyl sites for hydroxylation is 1. The van der Waals surface area contributed by atoms with Gasteiger partial charge in [0.2, 0.25) is 0 Å². The third-order valence-corrected chi connectivity index (χ3v) is 5.55. The Kier molecular flexibility index (Phi) is 6.99. The monoisotopic (exact) mass is 525 g/mol. The standard InChI is InChI=1S/C21H15Br2Cl2NO/c1-13-2-7-18(10-20(13)25)26-11-15-8-16(22)9-19(23)21(15)27-12-14-3-5-17(24)6-4-14/h2-11H,12H2,1H3. The van der Waals surface area contributed by atoms with E-state index < -0.39 is 0 Å². The molecule has 0 atom stereocenters. The van der Waals surface area contributed by atoms with Gasteiger partial charge in [-0.25, -0.2) is 0 Å². The zero-order chi connectivity index (χ0) is 19.4. The smallest absolute Gasteiger partial charge is 0.142 e. The number of hydrogen-bond acceptors (Lipinski definition) is 2. The number of aliphatic imine (C=N–C) groups is 1. The van der Waals surface area contributed by atoms with Crippen LogP contribution in [0.2, 0.25) is 10.0 Å². The quantitative estimate of drug-likeness (QED) is 0.307. The summed E-state index contributed by atoms with van der Waals surface area (Å²) in [6.07, 6.45) is 1.77. The van der Waals surface area contributed by atoms with Crippen molar-refractivity contribution in [2.24, 2.45) is 4.99 Å². The zero-order valence-corrected chi connectivity index (χ0v) is 19.0. The van der Waals surface area contributed by atoms with E-state index in [1.54, 1.807) is 6.21 Å². The van der Waals surface area contributed by atoms with Gasteiger partial charge < -0.3 is 4.74 Å². The van der Waals surface area contributed by atoms with Gasteiger partial charge in [0.05, 0.1) is 10.2 Å². The molecule has 0 saturated carbocycles. The van der Waals surface area contributed by atoms with Gasteiger partial charge in [-0.1, -0.05) is 57.3 Å². The number of halogens is 4. The highest BCUT2D eigenvalue weighted by Gasteiger charge is 2.10. The average Bonchev–Trinajstić information content (AvgIpc) is 2.63. The molecule has 27 heavy (non-hydrogen) atoms. The average molecular weight is 528 g/mol. The molecule has 0 bridgehead atoms. The first kappa shape index (κ1) is 20.4. The Bertz CT molecular complexity index is 988. The van der Waals surface area contributed by atoms with Crippen molar-refractivity contribution in [1.29, 1.82) is 0 Å². The minimum Gasteiger partial charge on any atom is -0.487 e. The number of ether oxygens (including phenoxy) is 1. The molecule has 0 saturated heterocycles. The first-order chi connectivity index (χ1) is 12.9. The van der Waals surface area contributed by atoms with E-state index in [2.05, 4.69) is 36.9 Å². The molecule has 138 valence electrons. The SMILES string of the molecule is Cc1ccc(N=Cc2cc(Br)cc(Br)c2OCc2ccc(Cl)cc2)cc1Cl. The molecule has 0 aliphatic rings. The first-order valence-electron chi connectivity index (χ1n) is 8.09. The van der Waals surface area contributed by atoms with Crippen molar-refractivity contribution in [1.82, 2.24) is 0 Å². The Balaban J connectivity index is 1.86. The van der Waals surface area contributed by atoms with Crippen LogP contribution in [0.3, 0.4) is 0 Å². The van der Waals surface area contributed by atoms with Crippen molar-refractivity contribution in [3.8, 4) is 5.75 Å². The summed E-state index contributed by atoms with van der Waals surface area (Å²) < 4.78 is 7.82. The van der Waals surface area contributed by atoms with Gasteiger partial charge in [0.25, 0.3) is 0 Å². The topological polar surface area (TPSA) is 21.6 Å². The molecular weight excluding hydrogens is 513 g/mol. The molecule has 3 rings (SSSR count). The third kappa shape index (κ3) is 5.58. The van der Waals surface area contributed by atoms with Crippen molar-refractivity contribution in [2.45, 2.75) is 13.5 Å². The second-order valence-corrected chi connectivity index (χ2v) is 8.53. The minimum absolute atomic E-state index is 0.425. The molecule has 3 aromatic carbocycles. The first-order valence-corrected chi connectivity index (χ1v) is 10.4. The van der Waals surface area contributed by atoms with Crippen LogP contribution >= 0.6 is 55.1 Å². The van der Waals surface area contributed by atoms with Crippen molar-refractivity contribution in [3.05, 3.63) is 90.3 Å². The van der Waals surface area contributed by atoms with Crippen LogP contribution in [0.1, 0.15) is 16.7 Å². The van der Waals surface area contributed by atoms with Gasteiger partial charge in [0, 0.05) is 26.3 Å². The molecule has 0 aliphatic heterocycles. The van der Waals surface area contributed by atoms with E-state index in [1.807, 2.05) is 61.5 Å². The zero-order valence-electron chi connectivity index (χ0n) is 14.3. The Labute approximate surface area is 185 Å². The molecule has 2 nitrogen and oxygen atoms in total. The highest BCUT2D eigenvalue weighted by Crippen LogP contribution is 2.33. The summed E-state index contributed by atoms with van der Waals surface area (Å²) in [6, 6.07) is 17.2. The summed E-state index contributed by atoms with van der Waals surface area (Å²) in [5, 5.41) is 1.40. The van der Waals surface area contributed by atoms with Gasteiger partial charge in [-0.15, -0.1) is 0 Å². The number of benzene rings is 3. The van der Waals surface area contributed by atoms with Gasteiger partial charge in [0.1, 0.15) is 12.4 Å². The Morgan fingerprint density at radius 3 is 2.44 bits per heavy atom. The lowest BCUT2D eigenvalue weighted by Gasteiger charge is -2.12. The summed E-state index contributed by atoms with van der Waals surface area (Å²) in [5.74, 6) is 0.718. The molecule has 0 aliphatic carbocycles. The van der Waals surface area contributed by atoms with E-state index in [-0.39, 0.29) is 0 Å². The molecule has 0 unspecified atom stereocenters. The largest absolute Gasteiger partial charge is 0.487 e. The molecule has 0 aromatic heterocycles. The summed E-state index contributed by atoms with van der Waals surface area (Å²) in [7, 11) is 0. The molecule has 0 fully saturated rings. The van der Waals surface area contributed by atoms with Crippen molar-refractivity contribution in [2.75, 3.05) is 0 Å². The van der Waals surface area contributed by atoms with E-state index in [9.17, 15) is 0 Å². The van der Waals surface area contributed by atoms with Crippen LogP contribution < -0.4 is 4.74 Å². The van der Waals surface area contributed by atoms with Crippen molar-refractivity contribution in [3.63, 3.8) is 0 Å². The fourth-order valence-electron chi connectivity index (χ4n) is 2.37. The minimum atomic E-state index is 0.425. The maximum atomic E-state index is 6.18.